The molecule has 0 spiro atoms. The number of hydrogen-bond donors (Lipinski definition) is 0. The van der Waals surface area contributed by atoms with Gasteiger partial charge in [0.15, 0.2) is 0 Å². The summed E-state index contributed by atoms with van der Waals surface area (Å²) in [5.74, 6) is -0.145. The molecule has 20 heavy (non-hydrogen) atoms. The molecule has 0 saturated carbocycles. The molecule has 5 heteroatoms. The number of ketones is 1. The Morgan fingerprint density at radius 2 is 2.00 bits per heavy atom. The van der Waals surface area contributed by atoms with Crippen molar-refractivity contribution in [2.24, 2.45) is 0 Å². The quantitative estimate of drug-likeness (QED) is 0.675. The Balaban J connectivity index is 1.94. The van der Waals surface area contributed by atoms with E-state index in [4.69, 9.17) is 11.6 Å². The average molecular weight is 374 g/mol. The zero-order valence-electron chi connectivity index (χ0n) is 10.4. The lowest BCUT2D eigenvalue weighted by Gasteiger charge is -2.05. The van der Waals surface area contributed by atoms with E-state index < -0.39 is 5.82 Å². The predicted molar refractivity (Wildman–Crippen MR) is 85.0 cm³/mol. The summed E-state index contributed by atoms with van der Waals surface area (Å²) in [6, 6.07) is 12.1. The van der Waals surface area contributed by atoms with Crippen molar-refractivity contribution >= 4 is 45.1 Å². The lowest BCUT2D eigenvalue weighted by molar-refractivity contribution is -0.116. The standard InChI is InChI=1S/C15H11BrClFOS/c16-13-3-1-2-4-15(13)20-9-12(19)7-10-5-6-11(17)8-14(10)18/h1-6,8H,7,9H2. The van der Waals surface area contributed by atoms with Gasteiger partial charge in [-0.05, 0) is 45.8 Å². The van der Waals surface area contributed by atoms with Crippen molar-refractivity contribution in [2.45, 2.75) is 11.3 Å². The summed E-state index contributed by atoms with van der Waals surface area (Å²) in [7, 11) is 0. The SMILES string of the molecule is O=C(CSc1ccccc1Br)Cc1ccc(Cl)cc1F. The van der Waals surface area contributed by atoms with Crippen LogP contribution in [0.5, 0.6) is 0 Å². The summed E-state index contributed by atoms with van der Waals surface area (Å²) >= 11 is 10.5. The van der Waals surface area contributed by atoms with E-state index in [-0.39, 0.29) is 12.2 Å². The van der Waals surface area contributed by atoms with E-state index in [9.17, 15) is 9.18 Å². The minimum atomic E-state index is -0.434. The molecule has 0 aromatic heterocycles. The van der Waals surface area contributed by atoms with Crippen LogP contribution in [0, 0.1) is 5.82 Å². The van der Waals surface area contributed by atoms with Crippen LogP contribution in [-0.4, -0.2) is 11.5 Å². The van der Waals surface area contributed by atoms with Crippen molar-refractivity contribution < 1.29 is 9.18 Å². The van der Waals surface area contributed by atoms with Gasteiger partial charge in [0.1, 0.15) is 11.6 Å². The van der Waals surface area contributed by atoms with Gasteiger partial charge in [0.05, 0.1) is 5.75 Å². The van der Waals surface area contributed by atoms with Crippen molar-refractivity contribution in [1.29, 1.82) is 0 Å². The molecular weight excluding hydrogens is 363 g/mol. The summed E-state index contributed by atoms with van der Waals surface area (Å²) in [6.07, 6.45) is 0.0838. The van der Waals surface area contributed by atoms with Crippen LogP contribution in [0.15, 0.2) is 51.8 Å². The van der Waals surface area contributed by atoms with Crippen LogP contribution in [0.2, 0.25) is 5.02 Å². The van der Waals surface area contributed by atoms with Crippen molar-refractivity contribution in [2.75, 3.05) is 5.75 Å². The van der Waals surface area contributed by atoms with Crippen molar-refractivity contribution in [3.8, 4) is 0 Å². The van der Waals surface area contributed by atoms with E-state index in [1.807, 2.05) is 24.3 Å². The van der Waals surface area contributed by atoms with Gasteiger partial charge in [0, 0.05) is 20.8 Å². The van der Waals surface area contributed by atoms with E-state index in [2.05, 4.69) is 15.9 Å². The summed E-state index contributed by atoms with van der Waals surface area (Å²) in [4.78, 5) is 12.9. The normalized spacial score (nSPS) is 10.6. The monoisotopic (exact) mass is 372 g/mol. The van der Waals surface area contributed by atoms with Gasteiger partial charge < -0.3 is 0 Å². The largest absolute Gasteiger partial charge is 0.298 e. The van der Waals surface area contributed by atoms with Crippen LogP contribution in [-0.2, 0) is 11.2 Å². The fourth-order valence-corrected chi connectivity index (χ4v) is 3.23. The van der Waals surface area contributed by atoms with Crippen LogP contribution >= 0.6 is 39.3 Å². The number of carbonyl (C=O) groups excluding carboxylic acids is 1. The molecule has 0 N–H and O–H groups in total. The molecule has 0 aliphatic heterocycles. The second-order valence-electron chi connectivity index (χ2n) is 4.17. The minimum Gasteiger partial charge on any atom is -0.298 e. The lowest BCUT2D eigenvalue weighted by atomic mass is 10.1. The number of hydrogen-bond acceptors (Lipinski definition) is 2. The third-order valence-corrected chi connectivity index (χ3v) is 4.95. The molecular formula is C15H11BrClFOS. The van der Waals surface area contributed by atoms with Crippen molar-refractivity contribution in [1.82, 2.24) is 0 Å². The number of thioether (sulfide) groups is 1. The second kappa shape index (κ2) is 7.25. The number of halogens is 3. The lowest BCUT2D eigenvalue weighted by Crippen LogP contribution is -2.07. The molecule has 0 bridgehead atoms. The first-order valence-corrected chi connectivity index (χ1v) is 8.05. The minimum absolute atomic E-state index is 0.0213. The van der Waals surface area contributed by atoms with Crippen LogP contribution in [0.1, 0.15) is 5.56 Å². The molecule has 2 rings (SSSR count). The molecule has 0 amide bonds. The molecule has 2 aromatic rings. The van der Waals surface area contributed by atoms with E-state index in [0.717, 1.165) is 9.37 Å². The number of carbonyl (C=O) groups is 1. The van der Waals surface area contributed by atoms with Crippen molar-refractivity contribution in [3.63, 3.8) is 0 Å². The Hall–Kier alpha value is -0.840. The van der Waals surface area contributed by atoms with Gasteiger partial charge in [-0.25, -0.2) is 4.39 Å². The first kappa shape index (κ1) is 15.5. The molecule has 0 unspecified atom stereocenters. The van der Waals surface area contributed by atoms with Gasteiger partial charge in [-0.15, -0.1) is 11.8 Å². The molecule has 104 valence electrons. The van der Waals surface area contributed by atoms with E-state index in [1.54, 1.807) is 12.1 Å². The van der Waals surface area contributed by atoms with Crippen LogP contribution in [0.25, 0.3) is 0 Å². The highest BCUT2D eigenvalue weighted by Gasteiger charge is 2.10. The third kappa shape index (κ3) is 4.33. The maximum absolute atomic E-state index is 13.6. The fourth-order valence-electron chi connectivity index (χ4n) is 1.65. The van der Waals surface area contributed by atoms with Gasteiger partial charge in [-0.2, -0.15) is 0 Å². The Morgan fingerprint density at radius 3 is 2.70 bits per heavy atom. The van der Waals surface area contributed by atoms with Crippen LogP contribution < -0.4 is 0 Å². The number of rotatable bonds is 5. The summed E-state index contributed by atoms with van der Waals surface area (Å²) in [5.41, 5.74) is 0.382. The smallest absolute Gasteiger partial charge is 0.147 e. The predicted octanol–water partition coefficient (Wildman–Crippen LogP) is 5.15. The number of Topliss-reactive ketones (excluding diaryl/α,β-unsaturated/α-hetero) is 1. The van der Waals surface area contributed by atoms with Gasteiger partial charge in [0.2, 0.25) is 0 Å². The molecule has 1 nitrogen and oxygen atoms in total. The first-order valence-electron chi connectivity index (χ1n) is 5.89. The molecule has 0 aliphatic carbocycles. The van der Waals surface area contributed by atoms with Crippen LogP contribution in [0.4, 0.5) is 4.39 Å². The maximum atomic E-state index is 13.6. The summed E-state index contributed by atoms with van der Waals surface area (Å²) < 4.78 is 14.5. The van der Waals surface area contributed by atoms with Gasteiger partial charge in [0.25, 0.3) is 0 Å². The maximum Gasteiger partial charge on any atom is 0.147 e. The molecule has 0 atom stereocenters. The Morgan fingerprint density at radius 1 is 1.25 bits per heavy atom. The molecule has 0 fully saturated rings. The molecule has 0 heterocycles. The third-order valence-electron chi connectivity index (χ3n) is 2.63. The second-order valence-corrected chi connectivity index (χ2v) is 6.48. The zero-order chi connectivity index (χ0) is 14.5. The van der Waals surface area contributed by atoms with E-state index in [0.29, 0.717) is 16.3 Å². The average Bonchev–Trinajstić information content (AvgIpc) is 2.41. The Labute approximate surface area is 134 Å². The highest BCUT2D eigenvalue weighted by Crippen LogP contribution is 2.27. The highest BCUT2D eigenvalue weighted by atomic mass is 79.9. The molecule has 0 radical (unpaired) electrons. The molecule has 0 saturated heterocycles. The van der Waals surface area contributed by atoms with Crippen LogP contribution in [0.3, 0.4) is 0 Å². The van der Waals surface area contributed by atoms with Gasteiger partial charge in [-0.3, -0.25) is 4.79 Å². The van der Waals surface area contributed by atoms with Gasteiger partial charge in [-0.1, -0.05) is 29.8 Å². The van der Waals surface area contributed by atoms with E-state index >= 15 is 0 Å². The summed E-state index contributed by atoms with van der Waals surface area (Å²) in [6.45, 7) is 0. The fraction of sp³-hybridized carbons (Fsp3) is 0.133. The highest BCUT2D eigenvalue weighted by molar-refractivity contribution is 9.10. The zero-order valence-corrected chi connectivity index (χ0v) is 13.6. The Bertz CT molecular complexity index is 633. The first-order chi connectivity index (χ1) is 9.56. The van der Waals surface area contributed by atoms with Crippen molar-refractivity contribution in [3.05, 3.63) is 63.3 Å². The summed E-state index contributed by atoms with van der Waals surface area (Å²) in [5, 5.41) is 0.335. The molecule has 2 aromatic carbocycles. The molecule has 0 aliphatic rings. The Kier molecular flexibility index (Phi) is 5.64. The topological polar surface area (TPSA) is 17.1 Å². The van der Waals surface area contributed by atoms with Gasteiger partial charge >= 0.3 is 0 Å². The number of benzene rings is 2. The van der Waals surface area contributed by atoms with E-state index in [1.165, 1.54) is 17.8 Å².